The fourth-order valence-corrected chi connectivity index (χ4v) is 3.58. The fourth-order valence-electron chi connectivity index (χ4n) is 3.58. The molecule has 1 heterocycles. The zero-order valence-corrected chi connectivity index (χ0v) is 18.9. The Hall–Kier alpha value is -3.17. The number of carbonyl (C=O) groups is 1. The van der Waals surface area contributed by atoms with Gasteiger partial charge in [0.2, 0.25) is 5.78 Å². The van der Waals surface area contributed by atoms with Crippen LogP contribution in [0.3, 0.4) is 0 Å². The Morgan fingerprint density at radius 2 is 1.74 bits per heavy atom. The monoisotopic (exact) mass is 468 g/mol. The van der Waals surface area contributed by atoms with E-state index in [4.69, 9.17) is 9.84 Å². The largest absolute Gasteiger partial charge is 0.505 e. The predicted octanol–water partition coefficient (Wildman–Crippen LogP) is 2.86. The lowest BCUT2D eigenvalue weighted by Gasteiger charge is -2.24. The number of ether oxygens (including phenoxy) is 1. The minimum atomic E-state index is -0.784. The third-order valence-electron chi connectivity index (χ3n) is 5.50. The molecule has 0 aliphatic rings. The van der Waals surface area contributed by atoms with Crippen LogP contribution in [0.15, 0.2) is 60.8 Å². The lowest BCUT2D eigenvalue weighted by molar-refractivity contribution is 0.0893. The number of Topliss-reactive ketones (excluding diaryl/α,β-unsaturated/α-hetero) is 1. The lowest BCUT2D eigenvalue weighted by atomic mass is 10.1. The van der Waals surface area contributed by atoms with Gasteiger partial charge in [0, 0.05) is 31.4 Å². The van der Waals surface area contributed by atoms with Crippen molar-refractivity contribution >= 4 is 5.78 Å². The zero-order chi connectivity index (χ0) is 24.3. The molecule has 0 fully saturated rings. The molecule has 0 amide bonds. The number of aliphatic hydroxyl groups excluding tert-OH is 2. The standard InChI is InChI=1S/C26H29FN2O5/c27-22-8-6-19(7-9-22)10-11-29(12-13-34-18-20-4-2-1-3-5-20)15-21-14-28-25(24(32)17-31)26(33)23(21)16-30/h1-9,14,30-31,33H,10-13,15-18H2. The molecule has 34 heavy (non-hydrogen) atoms. The third-order valence-corrected chi connectivity index (χ3v) is 5.50. The molecule has 0 aliphatic carbocycles. The molecule has 1 aromatic heterocycles. The first-order valence-corrected chi connectivity index (χ1v) is 11.0. The lowest BCUT2D eigenvalue weighted by Crippen LogP contribution is -2.30. The van der Waals surface area contributed by atoms with Crippen LogP contribution in [-0.4, -0.2) is 57.3 Å². The maximum atomic E-state index is 13.2. The van der Waals surface area contributed by atoms with Crippen molar-refractivity contribution < 1.29 is 29.2 Å². The second-order valence-corrected chi connectivity index (χ2v) is 7.89. The topological polar surface area (TPSA) is 103 Å². The molecule has 2 aromatic carbocycles. The Morgan fingerprint density at radius 1 is 1.00 bits per heavy atom. The number of benzene rings is 2. The molecular weight excluding hydrogens is 439 g/mol. The number of ketones is 1. The summed E-state index contributed by atoms with van der Waals surface area (Å²) in [6, 6.07) is 16.2. The molecule has 3 rings (SSSR count). The molecule has 0 spiro atoms. The molecule has 0 unspecified atom stereocenters. The van der Waals surface area contributed by atoms with Crippen molar-refractivity contribution in [3.8, 4) is 5.75 Å². The first-order valence-electron chi connectivity index (χ1n) is 11.0. The molecule has 0 atom stereocenters. The highest BCUT2D eigenvalue weighted by Crippen LogP contribution is 2.26. The van der Waals surface area contributed by atoms with Gasteiger partial charge in [0.05, 0.1) is 19.8 Å². The molecule has 0 radical (unpaired) electrons. The minimum absolute atomic E-state index is 0.198. The number of aromatic hydroxyl groups is 1. The Kier molecular flexibility index (Phi) is 9.66. The van der Waals surface area contributed by atoms with E-state index in [-0.39, 0.29) is 17.1 Å². The Labute approximate surface area is 198 Å². The molecule has 8 heteroatoms. The van der Waals surface area contributed by atoms with Crippen LogP contribution in [0.25, 0.3) is 0 Å². The van der Waals surface area contributed by atoms with Crippen molar-refractivity contribution in [2.24, 2.45) is 0 Å². The van der Waals surface area contributed by atoms with Gasteiger partial charge in [0.25, 0.3) is 0 Å². The summed E-state index contributed by atoms with van der Waals surface area (Å²) in [5, 5.41) is 29.3. The zero-order valence-electron chi connectivity index (χ0n) is 18.9. The van der Waals surface area contributed by atoms with Crippen LogP contribution in [0, 0.1) is 5.82 Å². The average molecular weight is 469 g/mol. The van der Waals surface area contributed by atoms with Crippen LogP contribution in [-0.2, 0) is 30.9 Å². The van der Waals surface area contributed by atoms with E-state index in [9.17, 15) is 19.4 Å². The maximum absolute atomic E-state index is 13.2. The summed E-state index contributed by atoms with van der Waals surface area (Å²) in [7, 11) is 0. The minimum Gasteiger partial charge on any atom is -0.505 e. The third kappa shape index (κ3) is 7.16. The number of nitrogens with zero attached hydrogens (tertiary/aromatic N) is 2. The smallest absolute Gasteiger partial charge is 0.210 e. The summed E-state index contributed by atoms with van der Waals surface area (Å²) in [5.74, 6) is -1.43. The van der Waals surface area contributed by atoms with E-state index in [2.05, 4.69) is 9.88 Å². The van der Waals surface area contributed by atoms with Gasteiger partial charge < -0.3 is 20.1 Å². The van der Waals surface area contributed by atoms with Gasteiger partial charge in [-0.15, -0.1) is 0 Å². The molecule has 0 saturated heterocycles. The van der Waals surface area contributed by atoms with E-state index < -0.39 is 24.7 Å². The van der Waals surface area contributed by atoms with Gasteiger partial charge in [-0.1, -0.05) is 42.5 Å². The first-order chi connectivity index (χ1) is 16.5. The molecule has 180 valence electrons. The fraction of sp³-hybridized carbons (Fsp3) is 0.308. The summed E-state index contributed by atoms with van der Waals surface area (Å²) >= 11 is 0. The average Bonchev–Trinajstić information content (AvgIpc) is 2.86. The maximum Gasteiger partial charge on any atom is 0.210 e. The van der Waals surface area contributed by atoms with Crippen molar-refractivity contribution in [3.63, 3.8) is 0 Å². The second-order valence-electron chi connectivity index (χ2n) is 7.89. The van der Waals surface area contributed by atoms with Crippen molar-refractivity contribution in [2.45, 2.75) is 26.2 Å². The molecule has 0 bridgehead atoms. The van der Waals surface area contributed by atoms with E-state index in [0.29, 0.717) is 44.8 Å². The molecule has 7 nitrogen and oxygen atoms in total. The molecule has 3 N–H and O–H groups in total. The summed E-state index contributed by atoms with van der Waals surface area (Å²) in [6.07, 6.45) is 2.10. The highest BCUT2D eigenvalue weighted by atomic mass is 19.1. The van der Waals surface area contributed by atoms with Crippen molar-refractivity contribution in [1.29, 1.82) is 0 Å². The Balaban J connectivity index is 1.70. The van der Waals surface area contributed by atoms with Crippen molar-refractivity contribution in [1.82, 2.24) is 9.88 Å². The van der Waals surface area contributed by atoms with Crippen LogP contribution in [0.5, 0.6) is 5.75 Å². The number of carbonyl (C=O) groups excluding carboxylic acids is 1. The number of hydrogen-bond donors (Lipinski definition) is 3. The predicted molar refractivity (Wildman–Crippen MR) is 125 cm³/mol. The van der Waals surface area contributed by atoms with Crippen molar-refractivity contribution in [2.75, 3.05) is 26.3 Å². The van der Waals surface area contributed by atoms with E-state index in [1.54, 1.807) is 12.1 Å². The van der Waals surface area contributed by atoms with Gasteiger partial charge in [0.15, 0.2) is 11.4 Å². The Bertz CT molecular complexity index is 1060. The highest BCUT2D eigenvalue weighted by Gasteiger charge is 2.20. The number of pyridine rings is 1. The van der Waals surface area contributed by atoms with Gasteiger partial charge in [-0.05, 0) is 35.2 Å². The van der Waals surface area contributed by atoms with Gasteiger partial charge >= 0.3 is 0 Å². The number of hydrogen-bond acceptors (Lipinski definition) is 7. The highest BCUT2D eigenvalue weighted by molar-refractivity contribution is 5.97. The van der Waals surface area contributed by atoms with Gasteiger partial charge in [0.1, 0.15) is 12.4 Å². The molecule has 0 saturated carbocycles. The van der Waals surface area contributed by atoms with Gasteiger partial charge in [-0.3, -0.25) is 9.69 Å². The molecule has 3 aromatic rings. The van der Waals surface area contributed by atoms with Crippen LogP contribution in [0.1, 0.15) is 32.7 Å². The summed E-state index contributed by atoms with van der Waals surface area (Å²) in [5.41, 5.74) is 2.55. The van der Waals surface area contributed by atoms with E-state index in [1.165, 1.54) is 18.3 Å². The van der Waals surface area contributed by atoms with E-state index >= 15 is 0 Å². The van der Waals surface area contributed by atoms with Crippen LogP contribution < -0.4 is 0 Å². The first kappa shape index (κ1) is 25.5. The number of aromatic nitrogens is 1. The Morgan fingerprint density at radius 3 is 2.41 bits per heavy atom. The van der Waals surface area contributed by atoms with Crippen molar-refractivity contribution in [3.05, 3.63) is 94.6 Å². The number of halogens is 1. The molecule has 0 aliphatic heterocycles. The normalized spacial score (nSPS) is 11.2. The second kappa shape index (κ2) is 12.9. The number of aliphatic hydroxyl groups is 2. The van der Waals surface area contributed by atoms with E-state index in [0.717, 1.165) is 11.1 Å². The SMILES string of the molecule is O=C(CO)c1ncc(CN(CCOCc2ccccc2)CCc2ccc(F)cc2)c(CO)c1O. The molecular formula is C26H29FN2O5. The van der Waals surface area contributed by atoms with Crippen LogP contribution >= 0.6 is 0 Å². The van der Waals surface area contributed by atoms with Crippen LogP contribution in [0.4, 0.5) is 4.39 Å². The quantitative estimate of drug-likeness (QED) is 0.262. The summed E-state index contributed by atoms with van der Waals surface area (Å²) < 4.78 is 19.1. The number of rotatable bonds is 13. The van der Waals surface area contributed by atoms with E-state index in [1.807, 2.05) is 30.3 Å². The summed E-state index contributed by atoms with van der Waals surface area (Å²) in [6.45, 7) is 1.20. The summed E-state index contributed by atoms with van der Waals surface area (Å²) in [4.78, 5) is 17.9. The van der Waals surface area contributed by atoms with Gasteiger partial charge in [-0.25, -0.2) is 9.37 Å². The van der Waals surface area contributed by atoms with Crippen LogP contribution in [0.2, 0.25) is 0 Å². The van der Waals surface area contributed by atoms with Gasteiger partial charge in [-0.2, -0.15) is 0 Å².